The number of carboxylic acids is 1. The van der Waals surface area contributed by atoms with Gasteiger partial charge < -0.3 is 14.8 Å². The molecule has 2 aromatic heterocycles. The Morgan fingerprint density at radius 3 is 2.57 bits per heavy atom. The summed E-state index contributed by atoms with van der Waals surface area (Å²) in [6.07, 6.45) is 1.50. The number of carboxylic acid groups (broad SMARTS) is 1. The van der Waals surface area contributed by atoms with Crippen molar-refractivity contribution in [1.82, 2.24) is 15.0 Å². The maximum Gasteiger partial charge on any atom is 0.310 e. The number of ether oxygens (including phenoxy) is 1. The molecular weight excluding hydrogens is 270 g/mol. The number of H-pyrrole nitrogens is 1. The highest BCUT2D eigenvalue weighted by atomic mass is 16.5. The summed E-state index contributed by atoms with van der Waals surface area (Å²) in [5.74, 6) is 0.395. The van der Waals surface area contributed by atoms with Crippen LogP contribution in [0.5, 0.6) is 5.88 Å². The highest BCUT2D eigenvalue weighted by molar-refractivity contribution is 5.75. The average Bonchev–Trinajstić information content (AvgIpc) is 2.86. The van der Waals surface area contributed by atoms with Crippen molar-refractivity contribution in [3.63, 3.8) is 0 Å². The van der Waals surface area contributed by atoms with Gasteiger partial charge in [-0.2, -0.15) is 4.98 Å². The minimum Gasteiger partial charge on any atom is -0.481 e. The van der Waals surface area contributed by atoms with E-state index in [0.29, 0.717) is 43.2 Å². The normalized spacial score (nSPS) is 11.8. The van der Waals surface area contributed by atoms with Crippen LogP contribution >= 0.6 is 0 Å². The van der Waals surface area contributed by atoms with Crippen LogP contribution in [-0.2, 0) is 11.2 Å². The highest BCUT2D eigenvalue weighted by Crippen LogP contribution is 2.31. The van der Waals surface area contributed by atoms with Gasteiger partial charge in [0.1, 0.15) is 5.82 Å². The molecule has 0 radical (unpaired) electrons. The molecule has 0 aliphatic heterocycles. The first-order chi connectivity index (χ1) is 10.0. The van der Waals surface area contributed by atoms with Crippen molar-refractivity contribution in [2.75, 3.05) is 6.61 Å². The molecule has 2 aromatic rings. The Hall–Kier alpha value is -2.11. The number of fused-ring (bicyclic) bond motifs is 1. The third kappa shape index (κ3) is 2.99. The number of carbonyl (C=O) groups is 1. The van der Waals surface area contributed by atoms with Crippen LogP contribution in [-0.4, -0.2) is 32.6 Å². The molecule has 0 atom stereocenters. The first kappa shape index (κ1) is 15.3. The lowest BCUT2D eigenvalue weighted by molar-refractivity contribution is -0.149. The molecule has 0 saturated heterocycles. The van der Waals surface area contributed by atoms with Crippen molar-refractivity contribution in [2.45, 2.75) is 40.0 Å². The quantitative estimate of drug-likeness (QED) is 0.819. The molecular formula is C15H21N3O3. The number of imidazole rings is 1. The van der Waals surface area contributed by atoms with Gasteiger partial charge >= 0.3 is 5.97 Å². The Balaban J connectivity index is 2.32. The maximum absolute atomic E-state index is 11.6. The summed E-state index contributed by atoms with van der Waals surface area (Å²) < 4.78 is 5.35. The second-order valence-corrected chi connectivity index (χ2v) is 5.11. The van der Waals surface area contributed by atoms with Gasteiger partial charge in [-0.3, -0.25) is 4.79 Å². The molecule has 0 fully saturated rings. The summed E-state index contributed by atoms with van der Waals surface area (Å²) in [6.45, 7) is 6.23. The summed E-state index contributed by atoms with van der Waals surface area (Å²) >= 11 is 0. The van der Waals surface area contributed by atoms with Crippen molar-refractivity contribution < 1.29 is 14.6 Å². The lowest BCUT2D eigenvalue weighted by atomic mass is 9.79. The lowest BCUT2D eigenvalue weighted by Crippen LogP contribution is -2.32. The van der Waals surface area contributed by atoms with Crippen molar-refractivity contribution in [3.05, 3.63) is 18.0 Å². The van der Waals surface area contributed by atoms with E-state index in [1.165, 1.54) is 0 Å². The van der Waals surface area contributed by atoms with Crippen LogP contribution < -0.4 is 4.74 Å². The zero-order valence-electron chi connectivity index (χ0n) is 12.6. The molecule has 0 unspecified atom stereocenters. The summed E-state index contributed by atoms with van der Waals surface area (Å²) in [5.41, 5.74) is 0.568. The molecule has 0 aromatic carbocycles. The molecule has 0 saturated carbocycles. The van der Waals surface area contributed by atoms with Crippen LogP contribution in [0.2, 0.25) is 0 Å². The molecule has 21 heavy (non-hydrogen) atoms. The van der Waals surface area contributed by atoms with Crippen LogP contribution in [0.3, 0.4) is 0 Å². The number of aromatic nitrogens is 3. The van der Waals surface area contributed by atoms with Crippen molar-refractivity contribution in [2.24, 2.45) is 5.41 Å². The van der Waals surface area contributed by atoms with Crippen LogP contribution in [0.1, 0.15) is 39.4 Å². The topological polar surface area (TPSA) is 88.1 Å². The molecule has 2 N–H and O–H groups in total. The predicted molar refractivity (Wildman–Crippen MR) is 79.4 cm³/mol. The molecule has 0 aliphatic rings. The summed E-state index contributed by atoms with van der Waals surface area (Å²) in [4.78, 5) is 23.4. The van der Waals surface area contributed by atoms with E-state index in [0.717, 1.165) is 5.52 Å². The Morgan fingerprint density at radius 2 is 2.00 bits per heavy atom. The van der Waals surface area contributed by atoms with Crippen LogP contribution in [0.4, 0.5) is 0 Å². The molecule has 2 heterocycles. The Labute approximate surface area is 123 Å². The molecule has 6 heteroatoms. The van der Waals surface area contributed by atoms with E-state index >= 15 is 0 Å². The van der Waals surface area contributed by atoms with E-state index < -0.39 is 11.4 Å². The second kappa shape index (κ2) is 6.11. The van der Waals surface area contributed by atoms with Gasteiger partial charge in [-0.25, -0.2) is 4.98 Å². The monoisotopic (exact) mass is 291 g/mol. The zero-order chi connectivity index (χ0) is 15.5. The first-order valence-electron chi connectivity index (χ1n) is 7.26. The van der Waals surface area contributed by atoms with Gasteiger partial charge in [-0.1, -0.05) is 13.8 Å². The third-order valence-corrected chi connectivity index (χ3v) is 3.97. The SMILES string of the molecule is CCOc1ccc2[nH]c(CC(CC)(CC)C(=O)O)nc2n1. The second-order valence-electron chi connectivity index (χ2n) is 5.11. The van der Waals surface area contributed by atoms with E-state index in [-0.39, 0.29) is 0 Å². The minimum atomic E-state index is -0.782. The molecule has 0 amide bonds. The maximum atomic E-state index is 11.6. The molecule has 2 rings (SSSR count). The fourth-order valence-electron chi connectivity index (χ4n) is 2.44. The Kier molecular flexibility index (Phi) is 4.45. The number of aromatic amines is 1. The number of nitrogens with zero attached hydrogens (tertiary/aromatic N) is 2. The van der Waals surface area contributed by atoms with E-state index in [9.17, 15) is 9.90 Å². The summed E-state index contributed by atoms with van der Waals surface area (Å²) in [7, 11) is 0. The van der Waals surface area contributed by atoms with E-state index in [1.807, 2.05) is 26.8 Å². The number of hydrogen-bond acceptors (Lipinski definition) is 4. The lowest BCUT2D eigenvalue weighted by Gasteiger charge is -2.25. The zero-order valence-corrected chi connectivity index (χ0v) is 12.6. The average molecular weight is 291 g/mol. The number of rotatable bonds is 7. The van der Waals surface area contributed by atoms with Gasteiger partial charge in [-0.15, -0.1) is 0 Å². The fraction of sp³-hybridized carbons (Fsp3) is 0.533. The molecule has 0 bridgehead atoms. The Morgan fingerprint density at radius 1 is 1.29 bits per heavy atom. The first-order valence-corrected chi connectivity index (χ1v) is 7.26. The number of hydrogen-bond donors (Lipinski definition) is 2. The standard InChI is InChI=1S/C15H21N3O3/c1-4-15(5-2,14(19)20)9-11-16-10-7-8-12(21-6-3)18-13(10)17-11/h7-8H,4-6,9H2,1-3H3,(H,19,20)(H,16,17,18). The summed E-state index contributed by atoms with van der Waals surface area (Å²) in [5, 5.41) is 9.50. The largest absolute Gasteiger partial charge is 0.481 e. The molecule has 0 aliphatic carbocycles. The van der Waals surface area contributed by atoms with E-state index in [1.54, 1.807) is 6.07 Å². The smallest absolute Gasteiger partial charge is 0.310 e. The van der Waals surface area contributed by atoms with E-state index in [4.69, 9.17) is 4.74 Å². The van der Waals surface area contributed by atoms with E-state index in [2.05, 4.69) is 15.0 Å². The summed E-state index contributed by atoms with van der Waals surface area (Å²) in [6, 6.07) is 3.63. The third-order valence-electron chi connectivity index (χ3n) is 3.97. The van der Waals surface area contributed by atoms with Gasteiger partial charge in [0.05, 0.1) is 17.5 Å². The van der Waals surface area contributed by atoms with Gasteiger partial charge in [0.15, 0.2) is 5.65 Å². The van der Waals surface area contributed by atoms with Crippen molar-refractivity contribution >= 4 is 17.1 Å². The van der Waals surface area contributed by atoms with Gasteiger partial charge in [-0.05, 0) is 25.8 Å². The number of nitrogens with one attached hydrogen (secondary N) is 1. The van der Waals surface area contributed by atoms with Crippen molar-refractivity contribution in [1.29, 1.82) is 0 Å². The number of pyridine rings is 1. The fourth-order valence-corrected chi connectivity index (χ4v) is 2.44. The highest BCUT2D eigenvalue weighted by Gasteiger charge is 2.36. The molecule has 0 spiro atoms. The molecule has 6 nitrogen and oxygen atoms in total. The van der Waals surface area contributed by atoms with Crippen LogP contribution in [0.15, 0.2) is 12.1 Å². The van der Waals surface area contributed by atoms with Gasteiger partial charge in [0.25, 0.3) is 0 Å². The van der Waals surface area contributed by atoms with Crippen LogP contribution in [0, 0.1) is 5.41 Å². The minimum absolute atomic E-state index is 0.371. The van der Waals surface area contributed by atoms with Gasteiger partial charge in [0, 0.05) is 12.5 Å². The van der Waals surface area contributed by atoms with Crippen molar-refractivity contribution in [3.8, 4) is 5.88 Å². The Bertz CT molecular complexity index is 632. The van der Waals surface area contributed by atoms with Crippen LogP contribution in [0.25, 0.3) is 11.2 Å². The number of aliphatic carboxylic acids is 1. The van der Waals surface area contributed by atoms with Gasteiger partial charge in [0.2, 0.25) is 5.88 Å². The predicted octanol–water partition coefficient (Wildman–Crippen LogP) is 2.79. The molecule has 114 valence electrons.